The largest absolute Gasteiger partial charge is 0.404 e. The molecule has 1 heterocycles. The molecule has 1 N–H and O–H groups in total. The van der Waals surface area contributed by atoms with E-state index >= 15 is 0 Å². The number of hydrogen-bond acceptors (Lipinski definition) is 6. The zero-order valence-electron chi connectivity index (χ0n) is 7.59. The van der Waals surface area contributed by atoms with Gasteiger partial charge in [-0.3, -0.25) is 4.79 Å². The summed E-state index contributed by atoms with van der Waals surface area (Å²) in [5.41, 5.74) is -0.319. The van der Waals surface area contributed by atoms with E-state index in [9.17, 15) is 4.79 Å². The van der Waals surface area contributed by atoms with E-state index < -0.39 is 6.72 Å². The summed E-state index contributed by atoms with van der Waals surface area (Å²) in [7, 11) is 2.77. The van der Waals surface area contributed by atoms with Crippen molar-refractivity contribution < 1.29 is 13.6 Å². The van der Waals surface area contributed by atoms with Crippen molar-refractivity contribution in [2.24, 2.45) is 0 Å². The van der Waals surface area contributed by atoms with Gasteiger partial charge in [0.1, 0.15) is 0 Å². The Balaban J connectivity index is 2.83. The highest BCUT2D eigenvalue weighted by atomic mass is 32.5. The van der Waals surface area contributed by atoms with Crippen LogP contribution in [0.4, 0.5) is 0 Å². The molecular formula is C6H9N2O4PS. The van der Waals surface area contributed by atoms with Crippen molar-refractivity contribution >= 4 is 18.5 Å². The molecular weight excluding hydrogens is 227 g/mol. The summed E-state index contributed by atoms with van der Waals surface area (Å²) >= 11 is 4.93. The average molecular weight is 236 g/mol. The minimum absolute atomic E-state index is 0.164. The Labute approximate surface area is 85.5 Å². The van der Waals surface area contributed by atoms with Gasteiger partial charge in [-0.1, -0.05) is 0 Å². The maximum atomic E-state index is 10.7. The Morgan fingerprint density at radius 1 is 1.43 bits per heavy atom. The molecule has 1 aromatic rings. The van der Waals surface area contributed by atoms with Crippen LogP contribution in [0.25, 0.3) is 0 Å². The van der Waals surface area contributed by atoms with Crippen LogP contribution in [0.15, 0.2) is 16.9 Å². The van der Waals surface area contributed by atoms with Gasteiger partial charge in [-0.2, -0.15) is 0 Å². The molecule has 0 aliphatic rings. The zero-order valence-corrected chi connectivity index (χ0v) is 9.30. The second-order valence-electron chi connectivity index (χ2n) is 2.16. The minimum atomic E-state index is -2.77. The zero-order chi connectivity index (χ0) is 10.6. The molecule has 0 bridgehead atoms. The van der Waals surface area contributed by atoms with Crippen LogP contribution in [-0.2, 0) is 20.9 Å². The van der Waals surface area contributed by atoms with E-state index in [4.69, 9.17) is 25.4 Å². The van der Waals surface area contributed by atoms with E-state index in [2.05, 4.69) is 10.2 Å². The SMILES string of the molecule is COP(=S)(OC)Oc1ccc(=O)[nH]n1. The van der Waals surface area contributed by atoms with E-state index in [1.54, 1.807) is 0 Å². The minimum Gasteiger partial charge on any atom is -0.404 e. The van der Waals surface area contributed by atoms with E-state index in [1.165, 1.54) is 26.4 Å². The van der Waals surface area contributed by atoms with Crippen molar-refractivity contribution in [1.82, 2.24) is 10.2 Å². The number of nitrogens with one attached hydrogen (secondary N) is 1. The van der Waals surface area contributed by atoms with Crippen LogP contribution >= 0.6 is 6.72 Å². The fraction of sp³-hybridized carbons (Fsp3) is 0.333. The number of aromatic nitrogens is 2. The molecule has 0 aromatic carbocycles. The third kappa shape index (κ3) is 2.88. The summed E-state index contributed by atoms with van der Waals surface area (Å²) in [4.78, 5) is 10.7. The predicted molar refractivity (Wildman–Crippen MR) is 53.8 cm³/mol. The van der Waals surface area contributed by atoms with Crippen molar-refractivity contribution in [3.63, 3.8) is 0 Å². The number of H-pyrrole nitrogens is 1. The molecule has 1 rings (SSSR count). The second-order valence-corrected chi connectivity index (χ2v) is 5.31. The van der Waals surface area contributed by atoms with Gasteiger partial charge in [0.15, 0.2) is 0 Å². The van der Waals surface area contributed by atoms with Gasteiger partial charge in [0, 0.05) is 38.2 Å². The summed E-state index contributed by atoms with van der Waals surface area (Å²) in [5.74, 6) is 0.164. The standard InChI is InChI=1S/C6H9N2O4PS/c1-10-13(14,11-2)12-6-4-3-5(9)7-8-6/h3-4H,1-2H3,(H,7,9). The van der Waals surface area contributed by atoms with Crippen LogP contribution in [0.5, 0.6) is 5.88 Å². The molecule has 8 heteroatoms. The van der Waals surface area contributed by atoms with Crippen LogP contribution < -0.4 is 10.1 Å². The summed E-state index contributed by atoms with van der Waals surface area (Å²) in [5, 5.41) is 5.80. The number of hydrogen-bond donors (Lipinski definition) is 1. The molecule has 0 radical (unpaired) electrons. The molecule has 6 nitrogen and oxygen atoms in total. The van der Waals surface area contributed by atoms with E-state index in [0.29, 0.717) is 0 Å². The monoisotopic (exact) mass is 236 g/mol. The van der Waals surface area contributed by atoms with Crippen molar-refractivity contribution in [3.8, 4) is 5.88 Å². The van der Waals surface area contributed by atoms with Crippen LogP contribution in [0, 0.1) is 0 Å². The third-order valence-corrected chi connectivity index (χ3v) is 3.73. The van der Waals surface area contributed by atoms with Gasteiger partial charge in [-0.15, -0.1) is 5.10 Å². The predicted octanol–water partition coefficient (Wildman–Crippen LogP) is 0.666. The van der Waals surface area contributed by atoms with Gasteiger partial charge in [0.05, 0.1) is 0 Å². The summed E-state index contributed by atoms with van der Waals surface area (Å²) in [6.45, 7) is -2.77. The van der Waals surface area contributed by atoms with Gasteiger partial charge in [-0.25, -0.2) is 5.10 Å². The molecule has 0 aliphatic carbocycles. The first kappa shape index (κ1) is 11.3. The van der Waals surface area contributed by atoms with Crippen molar-refractivity contribution in [2.45, 2.75) is 0 Å². The fourth-order valence-electron chi connectivity index (χ4n) is 0.646. The smallest absolute Gasteiger partial charge is 0.381 e. The van der Waals surface area contributed by atoms with E-state index in [-0.39, 0.29) is 11.4 Å². The molecule has 0 atom stereocenters. The highest BCUT2D eigenvalue weighted by molar-refractivity contribution is 8.07. The van der Waals surface area contributed by atoms with Crippen molar-refractivity contribution in [3.05, 3.63) is 22.5 Å². The third-order valence-electron chi connectivity index (χ3n) is 1.31. The lowest BCUT2D eigenvalue weighted by molar-refractivity contribution is 0.269. The lowest BCUT2D eigenvalue weighted by Gasteiger charge is -2.16. The topological polar surface area (TPSA) is 73.4 Å². The highest BCUT2D eigenvalue weighted by Crippen LogP contribution is 2.47. The van der Waals surface area contributed by atoms with E-state index in [0.717, 1.165) is 0 Å². The van der Waals surface area contributed by atoms with Gasteiger partial charge in [0.2, 0.25) is 5.88 Å². The van der Waals surface area contributed by atoms with Gasteiger partial charge >= 0.3 is 6.72 Å². The van der Waals surface area contributed by atoms with Crippen molar-refractivity contribution in [1.29, 1.82) is 0 Å². The van der Waals surface area contributed by atoms with Crippen LogP contribution in [-0.4, -0.2) is 24.4 Å². The first-order valence-electron chi connectivity index (χ1n) is 3.56. The molecule has 1 aromatic heterocycles. The Kier molecular flexibility index (Phi) is 3.77. The molecule has 14 heavy (non-hydrogen) atoms. The number of aromatic amines is 1. The summed E-state index contributed by atoms with van der Waals surface area (Å²) < 4.78 is 14.9. The second kappa shape index (κ2) is 4.65. The van der Waals surface area contributed by atoms with E-state index in [1.807, 2.05) is 0 Å². The Hall–Kier alpha value is -0.750. The maximum Gasteiger partial charge on any atom is 0.381 e. The summed E-state index contributed by atoms with van der Waals surface area (Å²) in [6.07, 6.45) is 0. The van der Waals surface area contributed by atoms with Gasteiger partial charge in [-0.05, 0) is 0 Å². The number of nitrogens with zero attached hydrogens (tertiary/aromatic N) is 1. The normalized spacial score (nSPS) is 11.3. The average Bonchev–Trinajstić information content (AvgIpc) is 2.21. The van der Waals surface area contributed by atoms with Crippen molar-refractivity contribution in [2.75, 3.05) is 14.2 Å². The molecule has 0 fully saturated rings. The quantitative estimate of drug-likeness (QED) is 0.774. The fourth-order valence-corrected chi connectivity index (χ4v) is 1.50. The van der Waals surface area contributed by atoms with Gasteiger partial charge in [0.25, 0.3) is 5.56 Å². The molecule has 0 saturated carbocycles. The van der Waals surface area contributed by atoms with Crippen LogP contribution in [0.3, 0.4) is 0 Å². The molecule has 0 spiro atoms. The number of rotatable bonds is 4. The Morgan fingerprint density at radius 3 is 2.50 bits per heavy atom. The Morgan fingerprint density at radius 2 is 2.07 bits per heavy atom. The molecule has 0 aliphatic heterocycles. The highest BCUT2D eigenvalue weighted by Gasteiger charge is 2.18. The Bertz CT molecular complexity index is 379. The molecule has 0 unspecified atom stereocenters. The first-order chi connectivity index (χ1) is 6.59. The lowest BCUT2D eigenvalue weighted by Crippen LogP contribution is -2.07. The maximum absolute atomic E-state index is 10.7. The molecule has 0 saturated heterocycles. The molecule has 0 amide bonds. The van der Waals surface area contributed by atoms with Gasteiger partial charge < -0.3 is 13.6 Å². The van der Waals surface area contributed by atoms with Crippen LogP contribution in [0.1, 0.15) is 0 Å². The van der Waals surface area contributed by atoms with Crippen LogP contribution in [0.2, 0.25) is 0 Å². The lowest BCUT2D eigenvalue weighted by atomic mass is 10.6. The summed E-state index contributed by atoms with van der Waals surface area (Å²) in [6, 6.07) is 2.66. The first-order valence-corrected chi connectivity index (χ1v) is 6.12. The molecule has 78 valence electrons.